The fourth-order valence-electron chi connectivity index (χ4n) is 3.23. The van der Waals surface area contributed by atoms with Crippen molar-refractivity contribution >= 4 is 28.7 Å². The summed E-state index contributed by atoms with van der Waals surface area (Å²) in [6, 6.07) is 12.0. The Morgan fingerprint density at radius 2 is 2.03 bits per heavy atom. The zero-order valence-corrected chi connectivity index (χ0v) is 18.4. The second-order valence-electron chi connectivity index (χ2n) is 7.21. The van der Waals surface area contributed by atoms with Gasteiger partial charge in [0.1, 0.15) is 27.7 Å². The van der Waals surface area contributed by atoms with Crippen molar-refractivity contribution < 1.29 is 18.7 Å². The maximum absolute atomic E-state index is 14.5. The van der Waals surface area contributed by atoms with Crippen LogP contribution < -0.4 is 11.2 Å². The Kier molecular flexibility index (Phi) is 7.12. The van der Waals surface area contributed by atoms with Crippen molar-refractivity contribution in [3.63, 3.8) is 0 Å². The molecule has 3 rings (SSSR count). The van der Waals surface area contributed by atoms with Crippen molar-refractivity contribution in [3.8, 4) is 0 Å². The van der Waals surface area contributed by atoms with Crippen LogP contribution in [0.1, 0.15) is 24.5 Å². The molecule has 0 bridgehead atoms. The van der Waals surface area contributed by atoms with E-state index in [-0.39, 0.29) is 29.5 Å². The largest absolute Gasteiger partial charge is 0.383 e. The molecule has 1 unspecified atom stereocenters. The van der Waals surface area contributed by atoms with Crippen molar-refractivity contribution in [2.24, 2.45) is 10.8 Å². The van der Waals surface area contributed by atoms with Gasteiger partial charge in [0, 0.05) is 25.6 Å². The van der Waals surface area contributed by atoms with Crippen LogP contribution in [-0.2, 0) is 9.67 Å². The van der Waals surface area contributed by atoms with E-state index >= 15 is 0 Å². The number of halogens is 2. The molecule has 8 nitrogen and oxygen atoms in total. The van der Waals surface area contributed by atoms with Crippen LogP contribution in [0.15, 0.2) is 53.6 Å². The van der Waals surface area contributed by atoms with Crippen molar-refractivity contribution in [1.82, 2.24) is 15.4 Å². The molecule has 1 amide bonds. The third-order valence-electron chi connectivity index (χ3n) is 4.92. The van der Waals surface area contributed by atoms with E-state index < -0.39 is 28.5 Å². The Morgan fingerprint density at radius 1 is 1.34 bits per heavy atom. The fourth-order valence-corrected chi connectivity index (χ4v) is 4.61. The van der Waals surface area contributed by atoms with Crippen molar-refractivity contribution in [2.45, 2.75) is 24.3 Å². The van der Waals surface area contributed by atoms with Crippen LogP contribution in [0.2, 0.25) is 0 Å². The van der Waals surface area contributed by atoms with Gasteiger partial charge in [-0.25, -0.2) is 19.2 Å². The smallest absolute Gasteiger partial charge is 0.272 e. The van der Waals surface area contributed by atoms with E-state index in [1.165, 1.54) is 11.9 Å². The quantitative estimate of drug-likeness (QED) is 0.285. The Bertz CT molecular complexity index is 1040. The SMILES string of the molecule is C[C@H](O)C(=O)N1N=C(c2cc(F)ccc2F)SC1(CCNN(C)C(=N)N)c1ccccc1. The lowest BCUT2D eigenvalue weighted by atomic mass is 10.0. The molecule has 0 fully saturated rings. The van der Waals surface area contributed by atoms with E-state index in [0.717, 1.165) is 35.0 Å². The van der Waals surface area contributed by atoms with Crippen LogP contribution in [-0.4, -0.2) is 51.7 Å². The van der Waals surface area contributed by atoms with Gasteiger partial charge in [-0.15, -0.1) is 0 Å². The first-order chi connectivity index (χ1) is 15.2. The van der Waals surface area contributed by atoms with Crippen LogP contribution in [0.4, 0.5) is 8.78 Å². The van der Waals surface area contributed by atoms with E-state index in [0.29, 0.717) is 5.56 Å². The Labute approximate surface area is 188 Å². The van der Waals surface area contributed by atoms with Gasteiger partial charge in [0.15, 0.2) is 0 Å². The highest BCUT2D eigenvalue weighted by molar-refractivity contribution is 8.15. The number of amides is 1. The number of carbonyl (C=O) groups is 1. The zero-order valence-electron chi connectivity index (χ0n) is 17.5. The van der Waals surface area contributed by atoms with Gasteiger partial charge in [0.2, 0.25) is 5.96 Å². The molecule has 0 aliphatic carbocycles. The van der Waals surface area contributed by atoms with Crippen LogP contribution in [0.25, 0.3) is 0 Å². The molecule has 0 saturated carbocycles. The maximum atomic E-state index is 14.5. The summed E-state index contributed by atoms with van der Waals surface area (Å²) < 4.78 is 28.4. The molecule has 11 heteroatoms. The first-order valence-corrected chi connectivity index (χ1v) is 10.6. The van der Waals surface area contributed by atoms with Gasteiger partial charge < -0.3 is 10.8 Å². The molecular formula is C21H24F2N6O2S. The highest BCUT2D eigenvalue weighted by Gasteiger charge is 2.49. The van der Waals surface area contributed by atoms with E-state index in [1.807, 2.05) is 6.07 Å². The molecule has 0 radical (unpaired) electrons. The lowest BCUT2D eigenvalue weighted by Crippen LogP contribution is -2.49. The van der Waals surface area contributed by atoms with E-state index in [1.54, 1.807) is 31.3 Å². The number of rotatable bonds is 7. The molecule has 2 aromatic rings. The number of aliphatic hydroxyl groups is 1. The first-order valence-electron chi connectivity index (χ1n) is 9.77. The Morgan fingerprint density at radius 3 is 2.66 bits per heavy atom. The fraction of sp³-hybridized carbons (Fsp3) is 0.286. The minimum absolute atomic E-state index is 0.0787. The third kappa shape index (κ3) is 4.74. The summed E-state index contributed by atoms with van der Waals surface area (Å²) in [7, 11) is 1.57. The minimum Gasteiger partial charge on any atom is -0.383 e. The van der Waals surface area contributed by atoms with Gasteiger partial charge in [-0.2, -0.15) is 5.10 Å². The molecule has 2 aromatic carbocycles. The number of carbonyl (C=O) groups excluding carboxylic acids is 1. The highest BCUT2D eigenvalue weighted by Crippen LogP contribution is 2.50. The van der Waals surface area contributed by atoms with E-state index in [2.05, 4.69) is 10.5 Å². The molecule has 1 aliphatic rings. The number of benzene rings is 2. The summed E-state index contributed by atoms with van der Waals surface area (Å²) in [5.41, 5.74) is 9.02. The van der Waals surface area contributed by atoms with E-state index in [9.17, 15) is 18.7 Å². The topological polar surface area (TPSA) is 118 Å². The van der Waals surface area contributed by atoms with Gasteiger partial charge in [0.05, 0.1) is 0 Å². The van der Waals surface area contributed by atoms with Crippen LogP contribution in [0.3, 0.4) is 0 Å². The molecule has 32 heavy (non-hydrogen) atoms. The average Bonchev–Trinajstić information content (AvgIpc) is 3.15. The molecular weight excluding hydrogens is 438 g/mol. The van der Waals surface area contributed by atoms with Gasteiger partial charge >= 0.3 is 0 Å². The number of hydrazone groups is 1. The summed E-state index contributed by atoms with van der Waals surface area (Å²) in [5.74, 6) is -2.21. The average molecular weight is 463 g/mol. The van der Waals surface area contributed by atoms with Gasteiger partial charge in [-0.1, -0.05) is 42.1 Å². The minimum atomic E-state index is -1.37. The first kappa shape index (κ1) is 23.6. The van der Waals surface area contributed by atoms with Gasteiger partial charge in [0.25, 0.3) is 5.91 Å². The number of guanidine groups is 1. The number of aliphatic hydroxyl groups excluding tert-OH is 1. The Hall–Kier alpha value is -3.02. The lowest BCUT2D eigenvalue weighted by molar-refractivity contribution is -0.143. The van der Waals surface area contributed by atoms with Crippen LogP contribution >= 0.6 is 11.8 Å². The second-order valence-corrected chi connectivity index (χ2v) is 8.48. The summed E-state index contributed by atoms with van der Waals surface area (Å²) >= 11 is 1.09. The molecule has 170 valence electrons. The number of nitrogens with zero attached hydrogens (tertiary/aromatic N) is 3. The molecule has 0 saturated heterocycles. The predicted octanol–water partition coefficient (Wildman–Crippen LogP) is 2.16. The zero-order chi connectivity index (χ0) is 23.5. The van der Waals surface area contributed by atoms with Crippen LogP contribution in [0, 0.1) is 17.0 Å². The number of hydrazine groups is 1. The van der Waals surface area contributed by atoms with Gasteiger partial charge in [-0.3, -0.25) is 15.2 Å². The summed E-state index contributed by atoms with van der Waals surface area (Å²) in [6.45, 7) is 1.58. The monoisotopic (exact) mass is 462 g/mol. The van der Waals surface area contributed by atoms with Crippen LogP contribution in [0.5, 0.6) is 0 Å². The van der Waals surface area contributed by atoms with Crippen molar-refractivity contribution in [1.29, 1.82) is 5.41 Å². The van der Waals surface area contributed by atoms with Gasteiger partial charge in [-0.05, 0) is 30.7 Å². The van der Waals surface area contributed by atoms with Crippen molar-refractivity contribution in [3.05, 3.63) is 71.3 Å². The molecule has 0 spiro atoms. The summed E-state index contributed by atoms with van der Waals surface area (Å²) in [6.07, 6.45) is -1.12. The van der Waals surface area contributed by atoms with Crippen molar-refractivity contribution in [2.75, 3.05) is 13.6 Å². The summed E-state index contributed by atoms with van der Waals surface area (Å²) in [4.78, 5) is 11.8. The highest BCUT2D eigenvalue weighted by atomic mass is 32.2. The molecule has 0 aromatic heterocycles. The number of thioether (sulfide) groups is 1. The maximum Gasteiger partial charge on any atom is 0.272 e. The summed E-state index contributed by atoms with van der Waals surface area (Å²) in [5, 5.41) is 24.4. The lowest BCUT2D eigenvalue weighted by Gasteiger charge is -2.37. The molecule has 1 heterocycles. The Balaban J connectivity index is 2.07. The normalized spacial score (nSPS) is 18.9. The predicted molar refractivity (Wildman–Crippen MR) is 119 cm³/mol. The second kappa shape index (κ2) is 9.63. The molecule has 1 aliphatic heterocycles. The standard InChI is InChI=1S/C21H24F2N6O2S/c1-13(30)19(31)29-21(14-6-4-3-5-7-14,10-11-26-28(2)20(24)25)32-18(27-29)16-12-15(22)8-9-17(16)23/h3-9,12-13,26,30H,10-11H2,1-2H3,(H3,24,25)/t13-,21?/m0/s1. The third-order valence-corrected chi connectivity index (χ3v) is 6.37. The molecule has 5 N–H and O–H groups in total. The number of nitrogens with two attached hydrogens (primary N) is 1. The van der Waals surface area contributed by atoms with E-state index in [4.69, 9.17) is 11.1 Å². The number of hydrogen-bond acceptors (Lipinski definition) is 6. The number of hydrogen-bond donors (Lipinski definition) is 4. The molecule has 2 atom stereocenters. The number of nitrogens with one attached hydrogen (secondary N) is 2.